The third-order valence-corrected chi connectivity index (χ3v) is 4.68. The molecule has 0 bridgehead atoms. The van der Waals surface area contributed by atoms with Gasteiger partial charge in [0.2, 0.25) is 5.91 Å². The number of aliphatic carboxylic acids is 1. The van der Waals surface area contributed by atoms with Crippen molar-refractivity contribution in [3.05, 3.63) is 0 Å². The minimum absolute atomic E-state index is 0.0447. The smallest absolute Gasteiger partial charge is 0.326 e. The second-order valence-corrected chi connectivity index (χ2v) is 6.30. The van der Waals surface area contributed by atoms with E-state index in [4.69, 9.17) is 0 Å². The lowest BCUT2D eigenvalue weighted by molar-refractivity contribution is -0.144. The second kappa shape index (κ2) is 7.07. The van der Waals surface area contributed by atoms with Crippen LogP contribution in [0.1, 0.15) is 51.9 Å². The van der Waals surface area contributed by atoms with Crippen LogP contribution in [0.3, 0.4) is 0 Å². The summed E-state index contributed by atoms with van der Waals surface area (Å²) in [5.74, 6) is -0.899. The summed E-state index contributed by atoms with van der Waals surface area (Å²) in [7, 11) is 0. The Morgan fingerprint density at radius 3 is 2.50 bits per heavy atom. The zero-order valence-electron chi connectivity index (χ0n) is 12.2. The van der Waals surface area contributed by atoms with E-state index in [0.717, 1.165) is 45.1 Å². The van der Waals surface area contributed by atoms with Crippen LogP contribution in [0.25, 0.3) is 0 Å². The van der Waals surface area contributed by atoms with Gasteiger partial charge in [0.05, 0.1) is 0 Å². The van der Waals surface area contributed by atoms with Crippen LogP contribution in [0.2, 0.25) is 0 Å². The Labute approximate surface area is 120 Å². The van der Waals surface area contributed by atoms with Gasteiger partial charge in [0.25, 0.3) is 0 Å². The molecule has 2 aliphatic rings. The maximum Gasteiger partial charge on any atom is 0.326 e. The van der Waals surface area contributed by atoms with Crippen LogP contribution in [0.5, 0.6) is 0 Å². The highest BCUT2D eigenvalue weighted by molar-refractivity contribution is 5.85. The first-order chi connectivity index (χ1) is 9.58. The van der Waals surface area contributed by atoms with Crippen molar-refractivity contribution >= 4 is 11.9 Å². The van der Waals surface area contributed by atoms with E-state index in [9.17, 15) is 14.7 Å². The summed E-state index contributed by atoms with van der Waals surface area (Å²) in [5.41, 5.74) is 0. The van der Waals surface area contributed by atoms with Gasteiger partial charge in [-0.25, -0.2) is 4.79 Å². The number of carbonyl (C=O) groups excluding carboxylic acids is 1. The first-order valence-corrected chi connectivity index (χ1v) is 7.84. The Morgan fingerprint density at radius 2 is 1.90 bits per heavy atom. The molecule has 5 nitrogen and oxygen atoms in total. The molecule has 0 aromatic heterocycles. The Morgan fingerprint density at radius 1 is 1.20 bits per heavy atom. The number of carboxylic acid groups (broad SMARTS) is 1. The van der Waals surface area contributed by atoms with Crippen LogP contribution in [0, 0.1) is 11.8 Å². The molecule has 0 aromatic carbocycles. The van der Waals surface area contributed by atoms with Crippen molar-refractivity contribution < 1.29 is 14.7 Å². The van der Waals surface area contributed by atoms with Gasteiger partial charge in [0, 0.05) is 12.0 Å². The summed E-state index contributed by atoms with van der Waals surface area (Å²) < 4.78 is 0. The lowest BCUT2D eigenvalue weighted by Crippen LogP contribution is -2.50. The summed E-state index contributed by atoms with van der Waals surface area (Å²) in [6, 6.07) is -0.370. The van der Waals surface area contributed by atoms with Crippen molar-refractivity contribution in [3.8, 4) is 0 Å². The minimum Gasteiger partial charge on any atom is -0.480 e. The van der Waals surface area contributed by atoms with Gasteiger partial charge in [-0.2, -0.15) is 0 Å². The number of hydrogen-bond donors (Lipinski definition) is 3. The van der Waals surface area contributed by atoms with E-state index in [0.29, 0.717) is 6.04 Å². The molecule has 1 saturated heterocycles. The summed E-state index contributed by atoms with van der Waals surface area (Å²) in [6.07, 6.45) is 6.77. The van der Waals surface area contributed by atoms with Crippen molar-refractivity contribution in [2.75, 3.05) is 6.54 Å². The molecule has 0 radical (unpaired) electrons. The fraction of sp³-hybridized carbons (Fsp3) is 0.867. The number of piperidine rings is 1. The number of amides is 1. The minimum atomic E-state index is -0.882. The fourth-order valence-corrected chi connectivity index (χ4v) is 3.49. The molecule has 1 saturated carbocycles. The van der Waals surface area contributed by atoms with Gasteiger partial charge >= 0.3 is 5.97 Å². The lowest BCUT2D eigenvalue weighted by atomic mass is 9.83. The predicted molar refractivity (Wildman–Crippen MR) is 76.3 cm³/mol. The van der Waals surface area contributed by atoms with Crippen LogP contribution in [0.15, 0.2) is 0 Å². The highest BCUT2D eigenvalue weighted by atomic mass is 16.4. The number of nitrogens with one attached hydrogen (secondary N) is 2. The van der Waals surface area contributed by atoms with Gasteiger partial charge < -0.3 is 15.7 Å². The van der Waals surface area contributed by atoms with Crippen molar-refractivity contribution in [3.63, 3.8) is 0 Å². The quantitative estimate of drug-likeness (QED) is 0.730. The number of rotatable bonds is 4. The predicted octanol–water partition coefficient (Wildman–Crippen LogP) is 1.52. The molecule has 3 N–H and O–H groups in total. The van der Waals surface area contributed by atoms with Crippen molar-refractivity contribution in [2.45, 2.75) is 64.0 Å². The molecule has 1 aliphatic carbocycles. The standard InChI is InChI=1S/C15H26N2O3/c1-10-9-12(7-8-16-10)14(18)17-13(15(19)20)11-5-3-2-4-6-11/h10-13,16H,2-9H2,1H3,(H,17,18)(H,19,20). The van der Waals surface area contributed by atoms with Crippen LogP contribution in [-0.4, -0.2) is 35.6 Å². The first-order valence-electron chi connectivity index (χ1n) is 7.84. The van der Waals surface area contributed by atoms with E-state index in [1.807, 2.05) is 0 Å². The Hall–Kier alpha value is -1.10. The Balaban J connectivity index is 1.93. The molecular weight excluding hydrogens is 256 g/mol. The van der Waals surface area contributed by atoms with Gasteiger partial charge in [-0.05, 0) is 45.1 Å². The van der Waals surface area contributed by atoms with Gasteiger partial charge in [-0.1, -0.05) is 19.3 Å². The maximum absolute atomic E-state index is 12.3. The average molecular weight is 282 g/mol. The summed E-state index contributed by atoms with van der Waals surface area (Å²) in [4.78, 5) is 23.8. The zero-order chi connectivity index (χ0) is 14.5. The van der Waals surface area contributed by atoms with Gasteiger partial charge in [-0.15, -0.1) is 0 Å². The highest BCUT2D eigenvalue weighted by Gasteiger charge is 2.33. The monoisotopic (exact) mass is 282 g/mol. The molecule has 5 heteroatoms. The zero-order valence-corrected chi connectivity index (χ0v) is 12.2. The molecule has 0 spiro atoms. The molecule has 2 fully saturated rings. The van der Waals surface area contributed by atoms with Crippen molar-refractivity contribution in [1.29, 1.82) is 0 Å². The second-order valence-electron chi connectivity index (χ2n) is 6.30. The largest absolute Gasteiger partial charge is 0.480 e. The molecule has 2 rings (SSSR count). The van der Waals surface area contributed by atoms with E-state index < -0.39 is 12.0 Å². The number of carboxylic acids is 1. The summed E-state index contributed by atoms with van der Waals surface area (Å²) >= 11 is 0. The van der Waals surface area contributed by atoms with Crippen LogP contribution in [-0.2, 0) is 9.59 Å². The molecule has 3 unspecified atom stereocenters. The van der Waals surface area contributed by atoms with Crippen LogP contribution < -0.4 is 10.6 Å². The summed E-state index contributed by atoms with van der Waals surface area (Å²) in [5, 5.41) is 15.5. The molecule has 3 atom stereocenters. The van der Waals surface area contributed by atoms with Gasteiger partial charge in [0.1, 0.15) is 6.04 Å². The molecule has 1 aliphatic heterocycles. The number of carbonyl (C=O) groups is 2. The van der Waals surface area contributed by atoms with E-state index in [-0.39, 0.29) is 17.7 Å². The molecule has 0 aromatic rings. The first kappa shape index (κ1) is 15.3. The third-order valence-electron chi connectivity index (χ3n) is 4.68. The van der Waals surface area contributed by atoms with Gasteiger partial charge in [0.15, 0.2) is 0 Å². The molecule has 20 heavy (non-hydrogen) atoms. The van der Waals surface area contributed by atoms with Gasteiger partial charge in [-0.3, -0.25) is 4.79 Å². The Kier molecular flexibility index (Phi) is 5.40. The number of hydrogen-bond acceptors (Lipinski definition) is 3. The average Bonchev–Trinajstić information content (AvgIpc) is 2.45. The van der Waals surface area contributed by atoms with E-state index in [1.165, 1.54) is 6.42 Å². The SMILES string of the molecule is CC1CC(C(=O)NC(C(=O)O)C2CCCCC2)CCN1. The summed E-state index contributed by atoms with van der Waals surface area (Å²) in [6.45, 7) is 2.90. The normalized spacial score (nSPS) is 29.6. The highest BCUT2D eigenvalue weighted by Crippen LogP contribution is 2.27. The maximum atomic E-state index is 12.3. The van der Waals surface area contributed by atoms with E-state index in [1.54, 1.807) is 0 Å². The molecular formula is C15H26N2O3. The molecule has 1 amide bonds. The fourth-order valence-electron chi connectivity index (χ4n) is 3.49. The third kappa shape index (κ3) is 3.95. The van der Waals surface area contributed by atoms with E-state index in [2.05, 4.69) is 17.6 Å². The van der Waals surface area contributed by atoms with E-state index >= 15 is 0 Å². The van der Waals surface area contributed by atoms with Crippen molar-refractivity contribution in [1.82, 2.24) is 10.6 Å². The Bertz CT molecular complexity index is 353. The molecule has 114 valence electrons. The lowest BCUT2D eigenvalue weighted by Gasteiger charge is -2.31. The van der Waals surface area contributed by atoms with Crippen LogP contribution >= 0.6 is 0 Å². The topological polar surface area (TPSA) is 78.4 Å². The molecule has 1 heterocycles. The van der Waals surface area contributed by atoms with Crippen LogP contribution in [0.4, 0.5) is 0 Å². The van der Waals surface area contributed by atoms with Crippen molar-refractivity contribution in [2.24, 2.45) is 11.8 Å².